The summed E-state index contributed by atoms with van der Waals surface area (Å²) in [6, 6.07) is 15.4. The summed E-state index contributed by atoms with van der Waals surface area (Å²) in [5, 5.41) is 19.3. The van der Waals surface area contributed by atoms with Crippen LogP contribution in [0.5, 0.6) is 5.88 Å². The van der Waals surface area contributed by atoms with Gasteiger partial charge in [-0.05, 0) is 66.4 Å². The van der Waals surface area contributed by atoms with Gasteiger partial charge in [0, 0.05) is 66.9 Å². The third-order valence-electron chi connectivity index (χ3n) is 7.95. The van der Waals surface area contributed by atoms with Crippen molar-refractivity contribution in [2.24, 2.45) is 18.9 Å². The van der Waals surface area contributed by atoms with E-state index in [0.29, 0.717) is 36.0 Å². The molecule has 40 heavy (non-hydrogen) atoms. The molecule has 12 heteroatoms. The predicted molar refractivity (Wildman–Crippen MR) is 147 cm³/mol. The minimum Gasteiger partial charge on any atom is -0.477 e. The van der Waals surface area contributed by atoms with E-state index in [1.165, 1.54) is 33.6 Å². The number of rotatable bonds is 9. The standard InChI is InChI=1S/C28H28FN7O3S/c1-18-11-25(33-21-8-6-20(29)7-9-21)19(13-30)12-22(18)28-17-36(40(37,38)27-14-32-35(2)34-27)15-23(28)24(28)16-39-26-5-3-4-10-31-26/h3-14,23-24,30,33H,15-17H2,1-2H3/t23-,24-,28+/m0/s1. The van der Waals surface area contributed by atoms with Gasteiger partial charge in [-0.2, -0.15) is 14.2 Å². The molecule has 2 aromatic heterocycles. The van der Waals surface area contributed by atoms with E-state index in [-0.39, 0.29) is 29.2 Å². The zero-order valence-corrected chi connectivity index (χ0v) is 22.8. The Morgan fingerprint density at radius 1 is 1.23 bits per heavy atom. The maximum Gasteiger partial charge on any atom is 0.264 e. The maximum absolute atomic E-state index is 13.5. The Morgan fingerprint density at radius 2 is 2.02 bits per heavy atom. The number of nitrogens with one attached hydrogen (secondary N) is 2. The number of anilines is 2. The van der Waals surface area contributed by atoms with Crippen LogP contribution < -0.4 is 10.1 Å². The lowest BCUT2D eigenvalue weighted by molar-refractivity contribution is 0.253. The zero-order valence-electron chi connectivity index (χ0n) is 22.0. The number of pyridine rings is 1. The van der Waals surface area contributed by atoms with Crippen molar-refractivity contribution < 1.29 is 17.5 Å². The van der Waals surface area contributed by atoms with Gasteiger partial charge in [-0.1, -0.05) is 6.07 Å². The molecular formula is C28H28FN7O3S. The first kappa shape index (κ1) is 26.1. The molecular weight excluding hydrogens is 533 g/mol. The van der Waals surface area contributed by atoms with Gasteiger partial charge in [-0.15, -0.1) is 5.10 Å². The van der Waals surface area contributed by atoms with Crippen molar-refractivity contribution in [3.8, 4) is 5.88 Å². The predicted octanol–water partition coefficient (Wildman–Crippen LogP) is 3.67. The minimum absolute atomic E-state index is 0.0100. The number of nitrogens with zero attached hydrogens (tertiary/aromatic N) is 5. The van der Waals surface area contributed by atoms with Crippen molar-refractivity contribution in [2.75, 3.05) is 25.0 Å². The molecule has 2 aromatic carbocycles. The molecule has 6 rings (SSSR count). The first-order chi connectivity index (χ1) is 19.2. The summed E-state index contributed by atoms with van der Waals surface area (Å²) in [5.41, 5.74) is 3.49. The van der Waals surface area contributed by atoms with E-state index in [1.807, 2.05) is 31.2 Å². The molecule has 0 unspecified atom stereocenters. The van der Waals surface area contributed by atoms with Gasteiger partial charge in [-0.3, -0.25) is 0 Å². The molecule has 1 aliphatic carbocycles. The Bertz CT molecular complexity index is 1680. The van der Waals surface area contributed by atoms with Crippen LogP contribution in [0.4, 0.5) is 15.8 Å². The van der Waals surface area contributed by atoms with E-state index < -0.39 is 15.4 Å². The van der Waals surface area contributed by atoms with Gasteiger partial charge in [-0.25, -0.2) is 17.8 Å². The van der Waals surface area contributed by atoms with E-state index in [4.69, 9.17) is 10.1 Å². The van der Waals surface area contributed by atoms with E-state index in [9.17, 15) is 12.8 Å². The summed E-state index contributed by atoms with van der Waals surface area (Å²) in [7, 11) is -2.26. The molecule has 0 radical (unpaired) electrons. The highest BCUT2D eigenvalue weighted by Gasteiger charge is 2.71. The number of aromatic nitrogens is 4. The van der Waals surface area contributed by atoms with Crippen molar-refractivity contribution in [3.05, 3.63) is 89.5 Å². The Kier molecular flexibility index (Phi) is 6.38. The highest BCUT2D eigenvalue weighted by Crippen LogP contribution is 2.65. The Hall–Kier alpha value is -4.16. The molecule has 1 saturated heterocycles. The van der Waals surface area contributed by atoms with Crippen LogP contribution in [0, 0.1) is 30.0 Å². The lowest BCUT2D eigenvalue weighted by Gasteiger charge is -2.25. The van der Waals surface area contributed by atoms with Crippen LogP contribution in [0.25, 0.3) is 0 Å². The SMILES string of the molecule is Cc1cc(Nc2ccc(F)cc2)c(C=N)cc1[C@]12CN(S(=O)(=O)c3cnn(C)n3)C[C@H]1[C@@H]2COc1ccccn1. The second-order valence-corrected chi connectivity index (χ2v) is 12.1. The topological polar surface area (TPSA) is 126 Å². The van der Waals surface area contributed by atoms with Crippen LogP contribution in [0.3, 0.4) is 0 Å². The Labute approximate surface area is 231 Å². The van der Waals surface area contributed by atoms with Gasteiger partial charge < -0.3 is 15.5 Å². The number of aryl methyl sites for hydroxylation is 2. The highest BCUT2D eigenvalue weighted by molar-refractivity contribution is 7.89. The summed E-state index contributed by atoms with van der Waals surface area (Å²) in [5.74, 6) is 0.249. The molecule has 1 aliphatic heterocycles. The van der Waals surface area contributed by atoms with Crippen LogP contribution in [-0.4, -0.2) is 58.6 Å². The molecule has 4 aromatic rings. The summed E-state index contributed by atoms with van der Waals surface area (Å²) in [4.78, 5) is 5.49. The maximum atomic E-state index is 13.5. The Balaban J connectivity index is 1.35. The lowest BCUT2D eigenvalue weighted by atomic mass is 9.87. The molecule has 0 bridgehead atoms. The molecule has 2 aliphatic rings. The smallest absolute Gasteiger partial charge is 0.264 e. The molecule has 10 nitrogen and oxygen atoms in total. The van der Waals surface area contributed by atoms with Crippen molar-refractivity contribution in [3.63, 3.8) is 0 Å². The van der Waals surface area contributed by atoms with Gasteiger partial charge in [0.15, 0.2) is 0 Å². The summed E-state index contributed by atoms with van der Waals surface area (Å²) >= 11 is 0. The van der Waals surface area contributed by atoms with Crippen LogP contribution in [0.15, 0.2) is 72.0 Å². The fourth-order valence-corrected chi connectivity index (χ4v) is 7.37. The number of sulfonamides is 1. The van der Waals surface area contributed by atoms with Gasteiger partial charge >= 0.3 is 0 Å². The fraction of sp³-hybridized carbons (Fsp3) is 0.286. The second-order valence-electron chi connectivity index (χ2n) is 10.2. The van der Waals surface area contributed by atoms with Gasteiger partial charge in [0.1, 0.15) is 5.82 Å². The third kappa shape index (κ3) is 4.42. The molecule has 3 heterocycles. The number of halogens is 1. The second kappa shape index (κ2) is 9.79. The zero-order chi connectivity index (χ0) is 28.1. The van der Waals surface area contributed by atoms with E-state index >= 15 is 0 Å². The van der Waals surface area contributed by atoms with E-state index in [1.54, 1.807) is 31.4 Å². The van der Waals surface area contributed by atoms with Crippen LogP contribution >= 0.6 is 0 Å². The highest BCUT2D eigenvalue weighted by atomic mass is 32.2. The van der Waals surface area contributed by atoms with Crippen molar-refractivity contribution in [1.29, 1.82) is 5.41 Å². The first-order valence-corrected chi connectivity index (χ1v) is 14.2. The van der Waals surface area contributed by atoms with Crippen molar-refractivity contribution in [2.45, 2.75) is 17.4 Å². The number of hydrogen-bond donors (Lipinski definition) is 2. The van der Waals surface area contributed by atoms with E-state index in [2.05, 4.69) is 20.5 Å². The number of benzene rings is 2. The molecule has 206 valence electrons. The number of ether oxygens (including phenoxy) is 1. The quantitative estimate of drug-likeness (QED) is 0.299. The van der Waals surface area contributed by atoms with Crippen LogP contribution in [0.1, 0.15) is 16.7 Å². The normalized spacial score (nSPS) is 22.1. The van der Waals surface area contributed by atoms with Crippen molar-refractivity contribution in [1.82, 2.24) is 24.3 Å². The number of fused-ring (bicyclic) bond motifs is 1. The largest absolute Gasteiger partial charge is 0.477 e. The van der Waals surface area contributed by atoms with Crippen LogP contribution in [-0.2, 0) is 22.5 Å². The Morgan fingerprint density at radius 3 is 2.70 bits per heavy atom. The lowest BCUT2D eigenvalue weighted by Crippen LogP contribution is -2.36. The first-order valence-electron chi connectivity index (χ1n) is 12.8. The fourth-order valence-electron chi connectivity index (χ4n) is 5.97. The van der Waals surface area contributed by atoms with E-state index in [0.717, 1.165) is 11.1 Å². The van der Waals surface area contributed by atoms with Crippen LogP contribution in [0.2, 0.25) is 0 Å². The van der Waals surface area contributed by atoms with Gasteiger partial charge in [0.25, 0.3) is 10.0 Å². The molecule has 0 spiro atoms. The average molecular weight is 562 g/mol. The summed E-state index contributed by atoms with van der Waals surface area (Å²) in [6.07, 6.45) is 4.20. The third-order valence-corrected chi connectivity index (χ3v) is 9.62. The molecule has 2 N–H and O–H groups in total. The monoisotopic (exact) mass is 561 g/mol. The van der Waals surface area contributed by atoms with Crippen molar-refractivity contribution >= 4 is 27.6 Å². The number of hydrogen-bond acceptors (Lipinski definition) is 8. The summed E-state index contributed by atoms with van der Waals surface area (Å²) in [6.45, 7) is 2.95. The molecule has 0 amide bonds. The number of piperidine rings is 1. The molecule has 3 atom stereocenters. The van der Waals surface area contributed by atoms with Gasteiger partial charge in [0.05, 0.1) is 12.8 Å². The molecule has 1 saturated carbocycles. The summed E-state index contributed by atoms with van der Waals surface area (Å²) < 4.78 is 47.8. The average Bonchev–Trinajstić information content (AvgIpc) is 3.24. The molecule has 2 fully saturated rings. The minimum atomic E-state index is -3.84. The van der Waals surface area contributed by atoms with Gasteiger partial charge in [0.2, 0.25) is 10.9 Å².